The van der Waals surface area contributed by atoms with Crippen LogP contribution in [0.3, 0.4) is 0 Å². The van der Waals surface area contributed by atoms with Crippen LogP contribution in [-0.2, 0) is 15.4 Å². The highest BCUT2D eigenvalue weighted by Crippen LogP contribution is 2.31. The van der Waals surface area contributed by atoms with Crippen LogP contribution in [0.4, 0.5) is 0 Å². The zero-order valence-corrected chi connectivity index (χ0v) is 20.3. The summed E-state index contributed by atoms with van der Waals surface area (Å²) >= 11 is 1.50. The Kier molecular flexibility index (Phi) is 5.94. The van der Waals surface area contributed by atoms with Gasteiger partial charge >= 0.3 is 0 Å². The molecule has 0 atom stereocenters. The Hall–Kier alpha value is -3.30. The molecule has 0 saturated heterocycles. The number of nitrogens with one attached hydrogen (secondary N) is 1. The SMILES string of the molecule is COc1ccc(C(C)(C)C)cc1S(=O)(=O)NC(=O)c1ccc2c(-c3nccs3)cccc2n1. The number of rotatable bonds is 5. The van der Waals surface area contributed by atoms with Gasteiger partial charge in [-0.3, -0.25) is 4.79 Å². The third-order valence-corrected chi connectivity index (χ3v) is 7.33. The molecule has 0 aliphatic rings. The highest BCUT2D eigenvalue weighted by atomic mass is 32.2. The maximum Gasteiger partial charge on any atom is 0.283 e. The van der Waals surface area contributed by atoms with Crippen molar-refractivity contribution in [2.75, 3.05) is 7.11 Å². The van der Waals surface area contributed by atoms with Crippen LogP contribution in [0.25, 0.3) is 21.5 Å². The molecule has 170 valence electrons. The minimum atomic E-state index is -4.20. The number of hydrogen-bond acceptors (Lipinski definition) is 7. The first kappa shape index (κ1) is 22.9. The van der Waals surface area contributed by atoms with Crippen molar-refractivity contribution in [3.05, 3.63) is 71.4 Å². The van der Waals surface area contributed by atoms with Crippen LogP contribution < -0.4 is 9.46 Å². The van der Waals surface area contributed by atoms with Crippen LogP contribution in [-0.4, -0.2) is 31.4 Å². The number of amides is 1. The van der Waals surface area contributed by atoms with Crippen LogP contribution in [0.2, 0.25) is 0 Å². The molecular formula is C24H23N3O4S2. The molecule has 0 unspecified atom stereocenters. The number of hydrogen-bond donors (Lipinski definition) is 1. The van der Waals surface area contributed by atoms with Gasteiger partial charge in [0.2, 0.25) is 0 Å². The number of nitrogens with zero attached hydrogens (tertiary/aromatic N) is 2. The summed E-state index contributed by atoms with van der Waals surface area (Å²) in [6, 6.07) is 13.7. The van der Waals surface area contributed by atoms with E-state index in [2.05, 4.69) is 14.7 Å². The van der Waals surface area contributed by atoms with E-state index in [-0.39, 0.29) is 21.8 Å². The molecule has 2 aromatic heterocycles. The summed E-state index contributed by atoms with van der Waals surface area (Å²) < 4.78 is 33.6. The predicted molar refractivity (Wildman–Crippen MR) is 129 cm³/mol. The van der Waals surface area contributed by atoms with Crippen LogP contribution in [0.1, 0.15) is 36.8 Å². The Morgan fingerprint density at radius 3 is 2.55 bits per heavy atom. The first-order valence-electron chi connectivity index (χ1n) is 10.2. The molecule has 0 radical (unpaired) electrons. The second kappa shape index (κ2) is 8.57. The molecular weight excluding hydrogens is 458 g/mol. The van der Waals surface area contributed by atoms with E-state index >= 15 is 0 Å². The number of pyridine rings is 1. The molecule has 1 amide bonds. The minimum absolute atomic E-state index is 0.00620. The number of carbonyl (C=O) groups excluding carboxylic acids is 1. The lowest BCUT2D eigenvalue weighted by Gasteiger charge is -2.21. The third-order valence-electron chi connectivity index (χ3n) is 5.17. The van der Waals surface area contributed by atoms with E-state index < -0.39 is 15.9 Å². The molecule has 9 heteroatoms. The Morgan fingerprint density at radius 1 is 1.09 bits per heavy atom. The average Bonchev–Trinajstić information content (AvgIpc) is 3.31. The molecule has 0 saturated carbocycles. The molecule has 0 aliphatic carbocycles. The Bertz CT molecular complexity index is 1440. The molecule has 0 spiro atoms. The van der Waals surface area contributed by atoms with E-state index in [0.717, 1.165) is 21.5 Å². The van der Waals surface area contributed by atoms with Gasteiger partial charge < -0.3 is 4.74 Å². The van der Waals surface area contributed by atoms with Crippen LogP contribution in [0, 0.1) is 0 Å². The fraction of sp³-hybridized carbons (Fsp3) is 0.208. The Balaban J connectivity index is 1.68. The van der Waals surface area contributed by atoms with Gasteiger partial charge in [0.05, 0.1) is 12.6 Å². The lowest BCUT2D eigenvalue weighted by Crippen LogP contribution is -2.31. The van der Waals surface area contributed by atoms with Crippen LogP contribution >= 0.6 is 11.3 Å². The summed E-state index contributed by atoms with van der Waals surface area (Å²) in [5.74, 6) is -0.664. The molecule has 2 aromatic carbocycles. The monoisotopic (exact) mass is 481 g/mol. The second-order valence-corrected chi connectivity index (χ2v) is 11.0. The van der Waals surface area contributed by atoms with Gasteiger partial charge in [0.25, 0.3) is 15.9 Å². The molecule has 4 aromatic rings. The fourth-order valence-electron chi connectivity index (χ4n) is 3.41. The fourth-order valence-corrected chi connectivity index (χ4v) is 5.24. The molecule has 7 nitrogen and oxygen atoms in total. The molecule has 0 aliphatic heterocycles. The van der Waals surface area contributed by atoms with Gasteiger partial charge in [0, 0.05) is 22.5 Å². The molecule has 33 heavy (non-hydrogen) atoms. The van der Waals surface area contributed by atoms with E-state index in [4.69, 9.17) is 4.74 Å². The zero-order valence-electron chi connectivity index (χ0n) is 18.6. The van der Waals surface area contributed by atoms with Crippen molar-refractivity contribution < 1.29 is 17.9 Å². The number of aromatic nitrogens is 2. The maximum absolute atomic E-state index is 13.1. The standard InChI is InChI=1S/C24H23N3O4S2/c1-24(2,3)15-8-11-20(31-4)21(14-15)33(29,30)27-22(28)19-10-9-16-17(23-25-12-13-32-23)6-5-7-18(16)26-19/h5-14H,1-4H3,(H,27,28). The summed E-state index contributed by atoms with van der Waals surface area (Å²) in [4.78, 5) is 21.5. The van der Waals surface area contributed by atoms with E-state index in [1.165, 1.54) is 30.6 Å². The first-order valence-corrected chi connectivity index (χ1v) is 12.5. The normalized spacial score (nSPS) is 12.0. The maximum atomic E-state index is 13.1. The smallest absolute Gasteiger partial charge is 0.283 e. The third kappa shape index (κ3) is 4.60. The number of carbonyl (C=O) groups is 1. The van der Waals surface area contributed by atoms with Crippen molar-refractivity contribution in [1.82, 2.24) is 14.7 Å². The van der Waals surface area contributed by atoms with Crippen molar-refractivity contribution in [2.45, 2.75) is 31.1 Å². The first-order chi connectivity index (χ1) is 15.6. The van der Waals surface area contributed by atoms with Crippen molar-refractivity contribution in [1.29, 1.82) is 0 Å². The van der Waals surface area contributed by atoms with Gasteiger partial charge in [0.1, 0.15) is 21.3 Å². The van der Waals surface area contributed by atoms with Gasteiger partial charge in [-0.05, 0) is 41.3 Å². The van der Waals surface area contributed by atoms with E-state index in [1.54, 1.807) is 24.4 Å². The number of sulfonamides is 1. The summed E-state index contributed by atoms with van der Waals surface area (Å²) in [5.41, 5.74) is 1.98. The molecule has 4 rings (SSSR count). The summed E-state index contributed by atoms with van der Waals surface area (Å²) in [6.45, 7) is 5.92. The quantitative estimate of drug-likeness (QED) is 0.440. The number of thiazole rings is 1. The number of fused-ring (bicyclic) bond motifs is 1. The van der Waals surface area contributed by atoms with E-state index in [1.807, 2.05) is 44.4 Å². The van der Waals surface area contributed by atoms with Crippen molar-refractivity contribution in [3.63, 3.8) is 0 Å². The van der Waals surface area contributed by atoms with Gasteiger partial charge in [-0.25, -0.2) is 23.1 Å². The lowest BCUT2D eigenvalue weighted by molar-refractivity contribution is 0.0977. The van der Waals surface area contributed by atoms with Gasteiger partial charge in [0.15, 0.2) is 0 Å². The lowest BCUT2D eigenvalue weighted by atomic mass is 9.87. The largest absolute Gasteiger partial charge is 0.495 e. The predicted octanol–water partition coefficient (Wildman–Crippen LogP) is 4.78. The number of ether oxygens (including phenoxy) is 1. The van der Waals surface area contributed by atoms with E-state index in [9.17, 15) is 13.2 Å². The Labute approximate surface area is 196 Å². The van der Waals surface area contributed by atoms with Gasteiger partial charge in [-0.15, -0.1) is 11.3 Å². The van der Waals surface area contributed by atoms with Crippen molar-refractivity contribution in [3.8, 4) is 16.3 Å². The zero-order chi connectivity index (χ0) is 23.8. The highest BCUT2D eigenvalue weighted by Gasteiger charge is 2.26. The van der Waals surface area contributed by atoms with E-state index in [0.29, 0.717) is 5.52 Å². The molecule has 0 bridgehead atoms. The van der Waals surface area contributed by atoms with Gasteiger partial charge in [-0.1, -0.05) is 39.0 Å². The number of benzene rings is 2. The van der Waals surface area contributed by atoms with Crippen LogP contribution in [0.15, 0.2) is 65.0 Å². The number of methoxy groups -OCH3 is 1. The molecule has 1 N–H and O–H groups in total. The second-order valence-electron chi connectivity index (χ2n) is 8.46. The molecule has 2 heterocycles. The Morgan fingerprint density at radius 2 is 1.88 bits per heavy atom. The minimum Gasteiger partial charge on any atom is -0.495 e. The van der Waals surface area contributed by atoms with Crippen molar-refractivity contribution in [2.24, 2.45) is 0 Å². The summed E-state index contributed by atoms with van der Waals surface area (Å²) in [6.07, 6.45) is 1.72. The summed E-state index contributed by atoms with van der Waals surface area (Å²) in [5, 5.41) is 3.55. The highest BCUT2D eigenvalue weighted by molar-refractivity contribution is 7.90. The van der Waals surface area contributed by atoms with Gasteiger partial charge in [-0.2, -0.15) is 0 Å². The molecule has 0 fully saturated rings. The van der Waals surface area contributed by atoms with Crippen LogP contribution in [0.5, 0.6) is 5.75 Å². The topological polar surface area (TPSA) is 98.2 Å². The summed E-state index contributed by atoms with van der Waals surface area (Å²) in [7, 11) is -2.82. The van der Waals surface area contributed by atoms with Crippen molar-refractivity contribution >= 4 is 38.2 Å². The average molecular weight is 482 g/mol.